The lowest BCUT2D eigenvalue weighted by Gasteiger charge is -2.38. The molecule has 0 saturated carbocycles. The fourth-order valence-electron chi connectivity index (χ4n) is 3.73. The second-order valence-corrected chi connectivity index (χ2v) is 6.46. The molecule has 1 aromatic rings. The van der Waals surface area contributed by atoms with Crippen molar-refractivity contribution in [2.45, 2.75) is 45.1 Å². The number of rotatable bonds is 4. The zero-order valence-corrected chi connectivity index (χ0v) is 12.9. The number of carbonyl (C=O) groups is 1. The van der Waals surface area contributed by atoms with Crippen LogP contribution in [0.3, 0.4) is 0 Å². The van der Waals surface area contributed by atoms with Gasteiger partial charge in [-0.05, 0) is 51.6 Å². The Morgan fingerprint density at radius 3 is 2.67 bits per heavy atom. The van der Waals surface area contributed by atoms with E-state index in [1.54, 1.807) is 12.5 Å². The third kappa shape index (κ3) is 3.46. The van der Waals surface area contributed by atoms with Gasteiger partial charge in [-0.15, -0.1) is 0 Å². The van der Waals surface area contributed by atoms with Crippen LogP contribution in [0.2, 0.25) is 0 Å². The van der Waals surface area contributed by atoms with Gasteiger partial charge in [0.25, 0.3) is 0 Å². The number of carbonyl (C=O) groups excluding carboxylic acids is 1. The topological polar surface area (TPSA) is 52.2 Å². The van der Waals surface area contributed by atoms with Crippen molar-refractivity contribution in [1.82, 2.24) is 19.8 Å². The van der Waals surface area contributed by atoms with Crippen molar-refractivity contribution in [2.75, 3.05) is 26.2 Å². The van der Waals surface area contributed by atoms with Gasteiger partial charge in [0.2, 0.25) is 5.91 Å². The number of aromatic amines is 1. The van der Waals surface area contributed by atoms with Gasteiger partial charge >= 0.3 is 0 Å². The van der Waals surface area contributed by atoms with Crippen LogP contribution in [0, 0.1) is 5.92 Å². The number of piperidine rings is 1. The summed E-state index contributed by atoms with van der Waals surface area (Å²) < 4.78 is 0. The molecule has 0 aliphatic carbocycles. The first-order chi connectivity index (χ1) is 10.2. The van der Waals surface area contributed by atoms with E-state index in [-0.39, 0.29) is 5.91 Å². The first-order valence-corrected chi connectivity index (χ1v) is 8.23. The molecular formula is C16H26N4O. The van der Waals surface area contributed by atoms with Crippen LogP contribution in [0.1, 0.15) is 38.3 Å². The SMILES string of the molecule is CC(C1CCN(C(=O)Cc2cnc[nH]2)CC1)N1CCCC1. The Bertz CT molecular complexity index is 445. The van der Waals surface area contributed by atoms with E-state index in [9.17, 15) is 4.79 Å². The van der Waals surface area contributed by atoms with Crippen LogP contribution >= 0.6 is 0 Å². The minimum atomic E-state index is 0.228. The largest absolute Gasteiger partial charge is 0.348 e. The molecule has 2 saturated heterocycles. The highest BCUT2D eigenvalue weighted by atomic mass is 16.2. The summed E-state index contributed by atoms with van der Waals surface area (Å²) in [6, 6.07) is 0.678. The number of hydrogen-bond donors (Lipinski definition) is 1. The van der Waals surface area contributed by atoms with Crippen molar-refractivity contribution in [3.8, 4) is 0 Å². The third-order valence-corrected chi connectivity index (χ3v) is 5.19. The van der Waals surface area contributed by atoms with Crippen LogP contribution in [0.15, 0.2) is 12.5 Å². The molecule has 5 heteroatoms. The number of likely N-dealkylation sites (tertiary alicyclic amines) is 2. The smallest absolute Gasteiger partial charge is 0.228 e. The highest BCUT2D eigenvalue weighted by Crippen LogP contribution is 2.26. The molecule has 1 unspecified atom stereocenters. The van der Waals surface area contributed by atoms with Gasteiger partial charge in [-0.25, -0.2) is 4.98 Å². The number of hydrogen-bond acceptors (Lipinski definition) is 3. The Hall–Kier alpha value is -1.36. The van der Waals surface area contributed by atoms with Crippen LogP contribution < -0.4 is 0 Å². The predicted octanol–water partition coefficient (Wildman–Crippen LogP) is 1.68. The van der Waals surface area contributed by atoms with Crippen molar-refractivity contribution >= 4 is 5.91 Å². The zero-order chi connectivity index (χ0) is 14.7. The maximum atomic E-state index is 12.3. The van der Waals surface area contributed by atoms with Gasteiger partial charge in [-0.2, -0.15) is 0 Å². The molecule has 1 N–H and O–H groups in total. The number of aromatic nitrogens is 2. The van der Waals surface area contributed by atoms with Crippen LogP contribution in [0.25, 0.3) is 0 Å². The normalized spacial score (nSPS) is 22.6. The van der Waals surface area contributed by atoms with E-state index in [1.807, 2.05) is 4.90 Å². The first kappa shape index (κ1) is 14.6. The fourth-order valence-corrected chi connectivity index (χ4v) is 3.73. The number of H-pyrrole nitrogens is 1. The highest BCUT2D eigenvalue weighted by molar-refractivity contribution is 5.78. The molecular weight excluding hydrogens is 264 g/mol. The molecule has 3 heterocycles. The summed E-state index contributed by atoms with van der Waals surface area (Å²) in [7, 11) is 0. The standard InChI is InChI=1S/C16H26N4O/c1-13(19-6-2-3-7-19)14-4-8-20(9-5-14)16(21)10-15-11-17-12-18-15/h11-14H,2-10H2,1H3,(H,17,18). The lowest BCUT2D eigenvalue weighted by Crippen LogP contribution is -2.45. The van der Waals surface area contributed by atoms with E-state index in [0.29, 0.717) is 12.5 Å². The predicted molar refractivity (Wildman–Crippen MR) is 81.9 cm³/mol. The molecule has 116 valence electrons. The van der Waals surface area contributed by atoms with Gasteiger partial charge in [0.05, 0.1) is 12.7 Å². The molecule has 0 spiro atoms. The second-order valence-electron chi connectivity index (χ2n) is 6.46. The lowest BCUT2D eigenvalue weighted by atomic mass is 9.89. The highest BCUT2D eigenvalue weighted by Gasteiger charge is 2.30. The molecule has 2 aliphatic heterocycles. The van der Waals surface area contributed by atoms with Crippen molar-refractivity contribution < 1.29 is 4.79 Å². The zero-order valence-electron chi connectivity index (χ0n) is 12.9. The number of nitrogens with zero attached hydrogens (tertiary/aromatic N) is 3. The maximum absolute atomic E-state index is 12.3. The molecule has 1 aromatic heterocycles. The number of amides is 1. The fraction of sp³-hybridized carbons (Fsp3) is 0.750. The third-order valence-electron chi connectivity index (χ3n) is 5.19. The molecule has 3 rings (SSSR count). The van der Waals surface area contributed by atoms with Gasteiger partial charge in [-0.1, -0.05) is 0 Å². The summed E-state index contributed by atoms with van der Waals surface area (Å²) in [6.45, 7) is 6.73. The summed E-state index contributed by atoms with van der Waals surface area (Å²) in [5.41, 5.74) is 0.910. The van der Waals surface area contributed by atoms with Gasteiger partial charge < -0.3 is 14.8 Å². The van der Waals surface area contributed by atoms with Crippen LogP contribution in [0.5, 0.6) is 0 Å². The minimum Gasteiger partial charge on any atom is -0.348 e. The molecule has 0 radical (unpaired) electrons. The molecule has 1 atom stereocenters. The Morgan fingerprint density at radius 1 is 1.33 bits per heavy atom. The van der Waals surface area contributed by atoms with E-state index < -0.39 is 0 Å². The van der Waals surface area contributed by atoms with Gasteiger partial charge in [0, 0.05) is 31.0 Å². The summed E-state index contributed by atoms with van der Waals surface area (Å²) >= 11 is 0. The van der Waals surface area contributed by atoms with Gasteiger partial charge in [-0.3, -0.25) is 4.79 Å². The van der Waals surface area contributed by atoms with E-state index in [1.165, 1.54) is 25.9 Å². The molecule has 1 amide bonds. The molecule has 2 aliphatic rings. The van der Waals surface area contributed by atoms with Crippen molar-refractivity contribution in [1.29, 1.82) is 0 Å². The van der Waals surface area contributed by atoms with Gasteiger partial charge in [0.1, 0.15) is 0 Å². The van der Waals surface area contributed by atoms with Crippen molar-refractivity contribution in [3.05, 3.63) is 18.2 Å². The number of nitrogens with one attached hydrogen (secondary N) is 1. The lowest BCUT2D eigenvalue weighted by molar-refractivity contribution is -0.132. The maximum Gasteiger partial charge on any atom is 0.228 e. The minimum absolute atomic E-state index is 0.228. The summed E-state index contributed by atoms with van der Waals surface area (Å²) in [5.74, 6) is 0.978. The summed E-state index contributed by atoms with van der Waals surface area (Å²) in [5, 5.41) is 0. The van der Waals surface area contributed by atoms with Crippen molar-refractivity contribution in [3.63, 3.8) is 0 Å². The van der Waals surface area contributed by atoms with E-state index in [2.05, 4.69) is 21.8 Å². The Kier molecular flexibility index (Phi) is 4.58. The van der Waals surface area contributed by atoms with Crippen LogP contribution in [-0.4, -0.2) is 57.9 Å². The van der Waals surface area contributed by atoms with Crippen LogP contribution in [0.4, 0.5) is 0 Å². The van der Waals surface area contributed by atoms with Gasteiger partial charge in [0.15, 0.2) is 0 Å². The van der Waals surface area contributed by atoms with E-state index >= 15 is 0 Å². The Morgan fingerprint density at radius 2 is 2.05 bits per heavy atom. The Labute approximate surface area is 126 Å². The molecule has 5 nitrogen and oxygen atoms in total. The average molecular weight is 290 g/mol. The summed E-state index contributed by atoms with van der Waals surface area (Å²) in [4.78, 5) is 23.9. The van der Waals surface area contributed by atoms with E-state index in [0.717, 1.165) is 37.5 Å². The van der Waals surface area contributed by atoms with E-state index in [4.69, 9.17) is 0 Å². The first-order valence-electron chi connectivity index (χ1n) is 8.23. The quantitative estimate of drug-likeness (QED) is 0.918. The monoisotopic (exact) mass is 290 g/mol. The Balaban J connectivity index is 1.47. The van der Waals surface area contributed by atoms with Crippen molar-refractivity contribution in [2.24, 2.45) is 5.92 Å². The molecule has 0 bridgehead atoms. The second kappa shape index (κ2) is 6.60. The number of imidazole rings is 1. The molecule has 21 heavy (non-hydrogen) atoms. The summed E-state index contributed by atoms with van der Waals surface area (Å²) in [6.07, 6.45) is 8.81. The van der Waals surface area contributed by atoms with Crippen LogP contribution in [-0.2, 0) is 11.2 Å². The average Bonchev–Trinajstić information content (AvgIpc) is 3.20. The molecule has 0 aromatic carbocycles. The molecule has 2 fully saturated rings.